The smallest absolute Gasteiger partial charge is 0.267 e. The first-order valence-electron chi connectivity index (χ1n) is 8.81. The van der Waals surface area contributed by atoms with Crippen LogP contribution in [0.5, 0.6) is 23.0 Å². The van der Waals surface area contributed by atoms with Crippen LogP contribution in [0.2, 0.25) is 0 Å². The first-order chi connectivity index (χ1) is 14.0. The van der Waals surface area contributed by atoms with Gasteiger partial charge in [0.15, 0.2) is 11.5 Å². The fourth-order valence-electron chi connectivity index (χ4n) is 3.01. The summed E-state index contributed by atoms with van der Waals surface area (Å²) in [6.07, 6.45) is 0. The third-order valence-electron chi connectivity index (χ3n) is 4.48. The van der Waals surface area contributed by atoms with Crippen LogP contribution in [0.3, 0.4) is 0 Å². The predicted octanol–water partition coefficient (Wildman–Crippen LogP) is 2.73. The molecule has 152 valence electrons. The molecule has 0 aliphatic carbocycles. The maximum absolute atomic E-state index is 12.0. The monoisotopic (exact) mass is 397 g/mol. The second-order valence-electron chi connectivity index (χ2n) is 6.20. The molecule has 0 unspecified atom stereocenters. The highest BCUT2D eigenvalue weighted by molar-refractivity contribution is 5.92. The Morgan fingerprint density at radius 2 is 1.55 bits per heavy atom. The summed E-state index contributed by atoms with van der Waals surface area (Å²) in [6, 6.07) is 12.7. The summed E-state index contributed by atoms with van der Waals surface area (Å²) in [5.74, 6) is 1.65. The second-order valence-corrected chi connectivity index (χ2v) is 6.20. The van der Waals surface area contributed by atoms with Gasteiger partial charge in [-0.05, 0) is 35.9 Å². The standard InChI is InChI=1S/C21H23N3O5/c1-26-15-7-5-13(6-8-15)12-24-17(21(22)25)11-16(23-24)14-9-18(27-2)20(29-4)19(10-14)28-3/h5-11H,12H2,1-4H3,(H2,22,25). The minimum atomic E-state index is -0.565. The van der Waals surface area contributed by atoms with E-state index in [2.05, 4.69) is 5.10 Å². The molecule has 0 radical (unpaired) electrons. The number of rotatable bonds is 8. The number of primary amides is 1. The fraction of sp³-hybridized carbons (Fsp3) is 0.238. The number of nitrogens with zero attached hydrogens (tertiary/aromatic N) is 2. The molecule has 0 spiro atoms. The molecular formula is C21H23N3O5. The average Bonchev–Trinajstić information content (AvgIpc) is 3.17. The van der Waals surface area contributed by atoms with Gasteiger partial charge in [0.05, 0.1) is 40.7 Å². The van der Waals surface area contributed by atoms with E-state index >= 15 is 0 Å². The van der Waals surface area contributed by atoms with Crippen LogP contribution in [0.25, 0.3) is 11.3 Å². The van der Waals surface area contributed by atoms with Crippen LogP contribution in [-0.2, 0) is 6.54 Å². The molecule has 1 amide bonds. The minimum absolute atomic E-state index is 0.296. The van der Waals surface area contributed by atoms with Gasteiger partial charge in [-0.2, -0.15) is 5.10 Å². The fourth-order valence-corrected chi connectivity index (χ4v) is 3.01. The van der Waals surface area contributed by atoms with Crippen LogP contribution in [0.4, 0.5) is 0 Å². The van der Waals surface area contributed by atoms with Crippen molar-refractivity contribution < 1.29 is 23.7 Å². The van der Waals surface area contributed by atoms with Crippen molar-refractivity contribution in [3.8, 4) is 34.3 Å². The topological polar surface area (TPSA) is 97.8 Å². The number of hydrogen-bond donors (Lipinski definition) is 1. The van der Waals surface area contributed by atoms with Crippen molar-refractivity contribution >= 4 is 5.91 Å². The molecular weight excluding hydrogens is 374 g/mol. The molecule has 0 atom stereocenters. The molecule has 2 N–H and O–H groups in total. The molecule has 3 aromatic rings. The number of aromatic nitrogens is 2. The quantitative estimate of drug-likeness (QED) is 0.628. The summed E-state index contributed by atoms with van der Waals surface area (Å²) in [6.45, 7) is 0.382. The van der Waals surface area contributed by atoms with Gasteiger partial charge in [-0.1, -0.05) is 12.1 Å². The lowest BCUT2D eigenvalue weighted by atomic mass is 10.1. The molecule has 8 nitrogen and oxygen atoms in total. The molecule has 0 aliphatic rings. The molecule has 0 fully saturated rings. The number of ether oxygens (including phenoxy) is 4. The maximum atomic E-state index is 12.0. The van der Waals surface area contributed by atoms with Crippen molar-refractivity contribution in [2.45, 2.75) is 6.54 Å². The van der Waals surface area contributed by atoms with Gasteiger partial charge in [-0.25, -0.2) is 0 Å². The van der Waals surface area contributed by atoms with Crippen molar-refractivity contribution in [3.63, 3.8) is 0 Å². The number of hydrogen-bond acceptors (Lipinski definition) is 6. The zero-order valence-corrected chi connectivity index (χ0v) is 16.8. The van der Waals surface area contributed by atoms with Gasteiger partial charge in [-0.3, -0.25) is 9.48 Å². The Kier molecular flexibility index (Phi) is 5.92. The molecule has 2 aromatic carbocycles. The Hall–Kier alpha value is -3.68. The van der Waals surface area contributed by atoms with Gasteiger partial charge in [0, 0.05) is 5.56 Å². The number of benzene rings is 2. The summed E-state index contributed by atoms with van der Waals surface area (Å²) in [5.41, 5.74) is 8.09. The van der Waals surface area contributed by atoms with Crippen LogP contribution >= 0.6 is 0 Å². The number of methoxy groups -OCH3 is 4. The molecule has 0 saturated carbocycles. The molecule has 1 aromatic heterocycles. The molecule has 0 bridgehead atoms. The first-order valence-corrected chi connectivity index (χ1v) is 8.81. The summed E-state index contributed by atoms with van der Waals surface area (Å²) in [7, 11) is 6.22. The van der Waals surface area contributed by atoms with Gasteiger partial charge in [0.1, 0.15) is 11.4 Å². The molecule has 3 rings (SSSR count). The normalized spacial score (nSPS) is 10.5. The van der Waals surface area contributed by atoms with Crippen LogP contribution in [0, 0.1) is 0 Å². The Morgan fingerprint density at radius 1 is 0.931 bits per heavy atom. The van der Waals surface area contributed by atoms with E-state index in [1.807, 2.05) is 24.3 Å². The lowest BCUT2D eigenvalue weighted by Crippen LogP contribution is -2.18. The van der Waals surface area contributed by atoms with E-state index in [9.17, 15) is 4.79 Å². The Balaban J connectivity index is 2.03. The highest BCUT2D eigenvalue weighted by atomic mass is 16.5. The third-order valence-corrected chi connectivity index (χ3v) is 4.48. The molecule has 0 aliphatic heterocycles. The minimum Gasteiger partial charge on any atom is -0.497 e. The Bertz CT molecular complexity index is 987. The van der Waals surface area contributed by atoms with Crippen LogP contribution in [0.15, 0.2) is 42.5 Å². The van der Waals surface area contributed by atoms with E-state index in [-0.39, 0.29) is 0 Å². The zero-order valence-electron chi connectivity index (χ0n) is 16.8. The zero-order chi connectivity index (χ0) is 21.0. The highest BCUT2D eigenvalue weighted by Crippen LogP contribution is 2.41. The van der Waals surface area contributed by atoms with Crippen molar-refractivity contribution in [2.75, 3.05) is 28.4 Å². The van der Waals surface area contributed by atoms with E-state index in [4.69, 9.17) is 24.7 Å². The van der Waals surface area contributed by atoms with Gasteiger partial charge in [0.25, 0.3) is 5.91 Å². The summed E-state index contributed by atoms with van der Waals surface area (Å²) in [4.78, 5) is 12.0. The molecule has 1 heterocycles. The third kappa shape index (κ3) is 4.11. The van der Waals surface area contributed by atoms with Gasteiger partial charge in [0.2, 0.25) is 5.75 Å². The number of nitrogens with two attached hydrogens (primary N) is 1. The lowest BCUT2D eigenvalue weighted by Gasteiger charge is -2.13. The highest BCUT2D eigenvalue weighted by Gasteiger charge is 2.19. The Morgan fingerprint density at radius 3 is 2.03 bits per heavy atom. The van der Waals surface area contributed by atoms with Gasteiger partial charge in [-0.15, -0.1) is 0 Å². The summed E-state index contributed by atoms with van der Waals surface area (Å²) in [5, 5.41) is 4.58. The SMILES string of the molecule is COc1ccc(Cn2nc(-c3cc(OC)c(OC)c(OC)c3)cc2C(N)=O)cc1. The number of carbonyl (C=O) groups is 1. The van der Waals surface area contributed by atoms with Crippen molar-refractivity contribution in [2.24, 2.45) is 5.73 Å². The lowest BCUT2D eigenvalue weighted by molar-refractivity contribution is 0.0990. The van der Waals surface area contributed by atoms with Crippen molar-refractivity contribution in [1.29, 1.82) is 0 Å². The van der Waals surface area contributed by atoms with E-state index in [1.165, 1.54) is 21.3 Å². The van der Waals surface area contributed by atoms with E-state index in [0.29, 0.717) is 40.7 Å². The predicted molar refractivity (Wildman–Crippen MR) is 108 cm³/mol. The molecule has 29 heavy (non-hydrogen) atoms. The van der Waals surface area contributed by atoms with Crippen LogP contribution in [0.1, 0.15) is 16.1 Å². The van der Waals surface area contributed by atoms with E-state index in [0.717, 1.165) is 11.3 Å². The van der Waals surface area contributed by atoms with Crippen molar-refractivity contribution in [1.82, 2.24) is 9.78 Å². The largest absolute Gasteiger partial charge is 0.497 e. The van der Waals surface area contributed by atoms with E-state index < -0.39 is 5.91 Å². The second kappa shape index (κ2) is 8.55. The summed E-state index contributed by atoms with van der Waals surface area (Å²) >= 11 is 0. The van der Waals surface area contributed by atoms with Crippen molar-refractivity contribution in [3.05, 3.63) is 53.7 Å². The van der Waals surface area contributed by atoms with Crippen LogP contribution in [-0.4, -0.2) is 44.1 Å². The first kappa shape index (κ1) is 20.1. The number of amides is 1. The van der Waals surface area contributed by atoms with E-state index in [1.54, 1.807) is 30.0 Å². The van der Waals surface area contributed by atoms with Gasteiger partial charge >= 0.3 is 0 Å². The molecule has 8 heteroatoms. The average molecular weight is 397 g/mol. The van der Waals surface area contributed by atoms with Gasteiger partial charge < -0.3 is 24.7 Å². The number of carbonyl (C=O) groups excluding carboxylic acids is 1. The van der Waals surface area contributed by atoms with Crippen LogP contribution < -0.4 is 24.7 Å². The summed E-state index contributed by atoms with van der Waals surface area (Å²) < 4.78 is 22.9. The molecule has 0 saturated heterocycles. The Labute approximate surface area is 168 Å². The maximum Gasteiger partial charge on any atom is 0.267 e.